The van der Waals surface area contributed by atoms with Crippen LogP contribution in [0.1, 0.15) is 24.8 Å². The van der Waals surface area contributed by atoms with Crippen molar-refractivity contribution in [3.8, 4) is 0 Å². The fraction of sp³-hybridized carbons (Fsp3) is 0.600. The van der Waals surface area contributed by atoms with Gasteiger partial charge >= 0.3 is 0 Å². The van der Waals surface area contributed by atoms with E-state index in [0.29, 0.717) is 5.56 Å². The highest BCUT2D eigenvalue weighted by Gasteiger charge is 2.40. The number of benzene rings is 1. The van der Waals surface area contributed by atoms with E-state index in [2.05, 4.69) is 23.9 Å². The Morgan fingerprint density at radius 2 is 2.00 bits per heavy atom. The van der Waals surface area contributed by atoms with Gasteiger partial charge in [-0.2, -0.15) is 0 Å². The molecule has 0 bridgehead atoms. The summed E-state index contributed by atoms with van der Waals surface area (Å²) in [6, 6.07) is 5.18. The highest BCUT2D eigenvalue weighted by Crippen LogP contribution is 2.38. The molecule has 0 unspecified atom stereocenters. The molecular weight excluding hydrogens is 290 g/mol. The molecule has 0 spiro atoms. The van der Waals surface area contributed by atoms with Crippen LogP contribution in [0.25, 0.3) is 0 Å². The number of nitro benzene ring substituents is 1. The lowest BCUT2D eigenvalue weighted by atomic mass is 9.75. The van der Waals surface area contributed by atoms with Crippen LogP contribution in [-0.2, 0) is 5.88 Å². The van der Waals surface area contributed by atoms with Gasteiger partial charge in [-0.15, -0.1) is 11.6 Å². The van der Waals surface area contributed by atoms with Crippen LogP contribution >= 0.6 is 11.6 Å². The van der Waals surface area contributed by atoms with Crippen molar-refractivity contribution >= 4 is 23.0 Å². The molecule has 1 saturated carbocycles. The van der Waals surface area contributed by atoms with Gasteiger partial charge in [0, 0.05) is 36.4 Å². The first-order valence-corrected chi connectivity index (χ1v) is 7.65. The van der Waals surface area contributed by atoms with Gasteiger partial charge < -0.3 is 9.80 Å². The SMILES string of the molecule is CN(CC1(N(C)C)CCC1)c1ccc([N+](=O)[O-])c(CCl)c1. The van der Waals surface area contributed by atoms with E-state index in [1.807, 2.05) is 13.1 Å². The average Bonchev–Trinajstić information content (AvgIpc) is 2.41. The number of hydrogen-bond acceptors (Lipinski definition) is 4. The van der Waals surface area contributed by atoms with Crippen LogP contribution in [0.15, 0.2) is 18.2 Å². The van der Waals surface area contributed by atoms with Crippen molar-refractivity contribution in [1.29, 1.82) is 0 Å². The second-order valence-electron chi connectivity index (χ2n) is 6.03. The third-order valence-corrected chi connectivity index (χ3v) is 4.90. The van der Waals surface area contributed by atoms with Crippen LogP contribution in [0.2, 0.25) is 0 Å². The Hall–Kier alpha value is -1.33. The van der Waals surface area contributed by atoms with Crippen LogP contribution in [0.4, 0.5) is 11.4 Å². The number of rotatable bonds is 6. The zero-order chi connectivity index (χ0) is 15.6. The van der Waals surface area contributed by atoms with E-state index in [-0.39, 0.29) is 22.0 Å². The lowest BCUT2D eigenvalue weighted by Gasteiger charge is -2.49. The maximum absolute atomic E-state index is 11.0. The van der Waals surface area contributed by atoms with Gasteiger partial charge in [0.2, 0.25) is 0 Å². The van der Waals surface area contributed by atoms with Gasteiger partial charge in [-0.25, -0.2) is 0 Å². The van der Waals surface area contributed by atoms with Gasteiger partial charge in [0.05, 0.1) is 10.8 Å². The van der Waals surface area contributed by atoms with Gasteiger partial charge in [-0.05, 0) is 45.5 Å². The van der Waals surface area contributed by atoms with Crippen LogP contribution < -0.4 is 4.90 Å². The minimum Gasteiger partial charge on any atom is -0.373 e. The molecule has 1 fully saturated rings. The third-order valence-electron chi connectivity index (χ3n) is 4.61. The van der Waals surface area contributed by atoms with E-state index >= 15 is 0 Å². The molecule has 1 aliphatic rings. The molecule has 5 nitrogen and oxygen atoms in total. The van der Waals surface area contributed by atoms with E-state index in [1.165, 1.54) is 19.3 Å². The predicted molar refractivity (Wildman–Crippen MR) is 86.2 cm³/mol. The molecule has 0 saturated heterocycles. The molecule has 2 rings (SSSR count). The Labute approximate surface area is 130 Å². The molecule has 0 atom stereocenters. The summed E-state index contributed by atoms with van der Waals surface area (Å²) in [4.78, 5) is 15.0. The Kier molecular flexibility index (Phi) is 4.74. The van der Waals surface area contributed by atoms with Crippen LogP contribution in [0.5, 0.6) is 0 Å². The molecule has 0 amide bonds. The number of nitro groups is 1. The summed E-state index contributed by atoms with van der Waals surface area (Å²) in [5.74, 6) is 0.150. The van der Waals surface area contributed by atoms with E-state index in [1.54, 1.807) is 12.1 Å². The standard InChI is InChI=1S/C15H22ClN3O2/c1-17(2)15(7-4-8-15)11-18(3)13-5-6-14(19(20)21)12(9-13)10-16/h5-6,9H,4,7-8,10-11H2,1-3H3. The Bertz CT molecular complexity index is 530. The van der Waals surface area contributed by atoms with E-state index < -0.39 is 0 Å². The third kappa shape index (κ3) is 3.14. The first-order valence-electron chi connectivity index (χ1n) is 7.11. The van der Waals surface area contributed by atoms with E-state index in [4.69, 9.17) is 11.6 Å². The zero-order valence-corrected chi connectivity index (χ0v) is 13.6. The van der Waals surface area contributed by atoms with Crippen molar-refractivity contribution in [3.05, 3.63) is 33.9 Å². The molecular formula is C15H22ClN3O2. The molecule has 0 radical (unpaired) electrons. The first-order chi connectivity index (χ1) is 9.89. The predicted octanol–water partition coefficient (Wildman–Crippen LogP) is 3.25. The fourth-order valence-electron chi connectivity index (χ4n) is 2.96. The summed E-state index contributed by atoms with van der Waals surface area (Å²) < 4.78 is 0. The van der Waals surface area contributed by atoms with Crippen molar-refractivity contribution in [2.75, 3.05) is 32.6 Å². The van der Waals surface area contributed by atoms with Crippen molar-refractivity contribution in [3.63, 3.8) is 0 Å². The molecule has 1 aliphatic carbocycles. The maximum atomic E-state index is 11.0. The molecule has 0 aromatic heterocycles. The summed E-state index contributed by atoms with van der Waals surface area (Å²) in [5, 5.41) is 11.0. The van der Waals surface area contributed by atoms with Gasteiger partial charge in [0.1, 0.15) is 0 Å². The second-order valence-corrected chi connectivity index (χ2v) is 6.30. The largest absolute Gasteiger partial charge is 0.373 e. The average molecular weight is 312 g/mol. The van der Waals surface area contributed by atoms with Gasteiger partial charge in [0.25, 0.3) is 5.69 Å². The molecule has 1 aromatic rings. The summed E-state index contributed by atoms with van der Waals surface area (Å²) >= 11 is 5.84. The molecule has 6 heteroatoms. The first kappa shape index (κ1) is 16.0. The number of alkyl halides is 1. The smallest absolute Gasteiger partial charge is 0.273 e. The van der Waals surface area contributed by atoms with Crippen LogP contribution in [0, 0.1) is 10.1 Å². The molecule has 116 valence electrons. The number of likely N-dealkylation sites (N-methyl/N-ethyl adjacent to an activating group) is 2. The minimum absolute atomic E-state index is 0.0908. The van der Waals surface area contributed by atoms with Crippen molar-refractivity contribution < 1.29 is 4.92 Å². The van der Waals surface area contributed by atoms with Crippen LogP contribution in [-0.4, -0.2) is 43.0 Å². The van der Waals surface area contributed by atoms with Crippen LogP contribution in [0.3, 0.4) is 0 Å². The quantitative estimate of drug-likeness (QED) is 0.460. The summed E-state index contributed by atoms with van der Waals surface area (Å²) in [7, 11) is 6.27. The van der Waals surface area contributed by atoms with Crippen molar-refractivity contribution in [2.24, 2.45) is 0 Å². The highest BCUT2D eigenvalue weighted by atomic mass is 35.5. The van der Waals surface area contributed by atoms with E-state index in [9.17, 15) is 10.1 Å². The lowest BCUT2D eigenvalue weighted by molar-refractivity contribution is -0.385. The zero-order valence-electron chi connectivity index (χ0n) is 12.8. The van der Waals surface area contributed by atoms with Crippen molar-refractivity contribution in [1.82, 2.24) is 4.90 Å². The molecule has 0 N–H and O–H groups in total. The maximum Gasteiger partial charge on any atom is 0.273 e. The van der Waals surface area contributed by atoms with Gasteiger partial charge in [0.15, 0.2) is 0 Å². The number of hydrogen-bond donors (Lipinski definition) is 0. The number of anilines is 1. The Morgan fingerprint density at radius 1 is 1.33 bits per heavy atom. The molecule has 21 heavy (non-hydrogen) atoms. The Morgan fingerprint density at radius 3 is 2.43 bits per heavy atom. The summed E-state index contributed by atoms with van der Waals surface area (Å²) in [6.45, 7) is 0.916. The Balaban J connectivity index is 2.19. The normalized spacial score (nSPS) is 16.6. The van der Waals surface area contributed by atoms with E-state index in [0.717, 1.165) is 12.2 Å². The summed E-state index contributed by atoms with van der Waals surface area (Å²) in [5.41, 5.74) is 1.86. The lowest BCUT2D eigenvalue weighted by Crippen LogP contribution is -2.56. The van der Waals surface area contributed by atoms with Gasteiger partial charge in [-0.1, -0.05) is 0 Å². The minimum atomic E-state index is -0.380. The number of halogens is 1. The van der Waals surface area contributed by atoms with Crippen molar-refractivity contribution in [2.45, 2.75) is 30.7 Å². The second kappa shape index (κ2) is 6.20. The molecule has 0 aliphatic heterocycles. The molecule has 1 aromatic carbocycles. The summed E-state index contributed by atoms with van der Waals surface area (Å²) in [6.07, 6.45) is 3.65. The van der Waals surface area contributed by atoms with Gasteiger partial charge in [-0.3, -0.25) is 10.1 Å². The molecule has 0 heterocycles. The number of nitrogens with zero attached hydrogens (tertiary/aromatic N) is 3. The highest BCUT2D eigenvalue weighted by molar-refractivity contribution is 6.17. The monoisotopic (exact) mass is 311 g/mol. The fourth-order valence-corrected chi connectivity index (χ4v) is 3.17. The topological polar surface area (TPSA) is 49.6 Å².